The summed E-state index contributed by atoms with van der Waals surface area (Å²) in [6.45, 7) is 13.8. The van der Waals surface area contributed by atoms with E-state index in [2.05, 4.69) is 47.6 Å². The van der Waals surface area contributed by atoms with Gasteiger partial charge in [0.25, 0.3) is 0 Å². The van der Waals surface area contributed by atoms with E-state index in [0.29, 0.717) is 0 Å². The lowest BCUT2D eigenvalue weighted by Crippen LogP contribution is -2.11. The second kappa shape index (κ2) is 6.23. The highest BCUT2D eigenvalue weighted by molar-refractivity contribution is 5.00. The highest BCUT2D eigenvalue weighted by atomic mass is 14.2. The summed E-state index contributed by atoms with van der Waals surface area (Å²) in [7, 11) is 0. The maximum absolute atomic E-state index is 2.38. The van der Waals surface area contributed by atoms with E-state index in [-0.39, 0.29) is 0 Å². The molecule has 0 saturated heterocycles. The Kier molecular flexibility index (Phi) is 6.11. The Morgan fingerprint density at radius 3 is 2.08 bits per heavy atom. The van der Waals surface area contributed by atoms with Gasteiger partial charge in [-0.15, -0.1) is 0 Å². The maximum atomic E-state index is 2.38. The molecule has 0 aliphatic carbocycles. The Hall–Kier alpha value is -0.260. The van der Waals surface area contributed by atoms with Gasteiger partial charge in [-0.25, -0.2) is 0 Å². The number of allylic oxidation sites excluding steroid dienone is 2. The monoisotopic (exact) mass is 182 g/mol. The van der Waals surface area contributed by atoms with Crippen LogP contribution in [0.4, 0.5) is 0 Å². The van der Waals surface area contributed by atoms with E-state index in [9.17, 15) is 0 Å². The summed E-state index contributed by atoms with van der Waals surface area (Å²) in [6, 6.07) is 0. The second-order valence-corrected chi connectivity index (χ2v) is 4.53. The van der Waals surface area contributed by atoms with E-state index >= 15 is 0 Å². The van der Waals surface area contributed by atoms with Gasteiger partial charge in [-0.3, -0.25) is 0 Å². The van der Waals surface area contributed by atoms with Crippen LogP contribution in [0.25, 0.3) is 0 Å². The zero-order chi connectivity index (χ0) is 10.4. The molecule has 0 nitrogen and oxygen atoms in total. The van der Waals surface area contributed by atoms with E-state index in [1.807, 2.05) is 0 Å². The topological polar surface area (TPSA) is 0 Å². The molecule has 0 heterocycles. The molecule has 0 aromatic rings. The molecule has 13 heavy (non-hydrogen) atoms. The summed E-state index contributed by atoms with van der Waals surface area (Å²) in [5.41, 5.74) is 1.54. The predicted molar refractivity (Wildman–Crippen MR) is 61.8 cm³/mol. The molecule has 0 N–H and O–H groups in total. The number of hydrogen-bond acceptors (Lipinski definition) is 0. The normalized spacial score (nSPS) is 19.7. The lowest BCUT2D eigenvalue weighted by Gasteiger charge is -2.22. The molecular formula is C13H26. The summed E-state index contributed by atoms with van der Waals surface area (Å²) in [6.07, 6.45) is 4.89. The molecule has 0 aliphatic rings. The second-order valence-electron chi connectivity index (χ2n) is 4.53. The van der Waals surface area contributed by atoms with Crippen molar-refractivity contribution in [3.63, 3.8) is 0 Å². The van der Waals surface area contributed by atoms with Gasteiger partial charge in [-0.2, -0.15) is 0 Å². The van der Waals surface area contributed by atoms with Gasteiger partial charge < -0.3 is 0 Å². The number of hydrogen-bond donors (Lipinski definition) is 0. The van der Waals surface area contributed by atoms with Gasteiger partial charge in [0, 0.05) is 0 Å². The van der Waals surface area contributed by atoms with Gasteiger partial charge in [0.2, 0.25) is 0 Å². The SMILES string of the molecule is CC=C(C)C(C)CC(C)C(C)CC. The first kappa shape index (κ1) is 12.7. The van der Waals surface area contributed by atoms with Crippen LogP contribution in [0.15, 0.2) is 11.6 Å². The fraction of sp³-hybridized carbons (Fsp3) is 0.846. The Balaban J connectivity index is 3.98. The molecule has 78 valence electrons. The van der Waals surface area contributed by atoms with Crippen LogP contribution in [0.1, 0.15) is 54.4 Å². The Morgan fingerprint density at radius 1 is 1.15 bits per heavy atom. The summed E-state index contributed by atoms with van der Waals surface area (Å²) in [5, 5.41) is 0. The van der Waals surface area contributed by atoms with Crippen molar-refractivity contribution >= 4 is 0 Å². The lowest BCUT2D eigenvalue weighted by atomic mass is 9.83. The maximum Gasteiger partial charge on any atom is -0.0232 e. The van der Waals surface area contributed by atoms with Crippen LogP contribution >= 0.6 is 0 Å². The predicted octanol–water partition coefficient (Wildman–Crippen LogP) is 4.66. The minimum absolute atomic E-state index is 0.758. The molecule has 0 heteroatoms. The summed E-state index contributed by atoms with van der Waals surface area (Å²) in [5.74, 6) is 2.48. The molecular weight excluding hydrogens is 156 g/mol. The molecule has 0 saturated carbocycles. The van der Waals surface area contributed by atoms with E-state index in [1.54, 1.807) is 0 Å². The van der Waals surface area contributed by atoms with Crippen molar-refractivity contribution in [3.05, 3.63) is 11.6 Å². The van der Waals surface area contributed by atoms with Gasteiger partial charge in [0.05, 0.1) is 0 Å². The third-order valence-electron chi connectivity index (χ3n) is 3.57. The van der Waals surface area contributed by atoms with Gasteiger partial charge in [0.15, 0.2) is 0 Å². The largest absolute Gasteiger partial charge is 0.0885 e. The lowest BCUT2D eigenvalue weighted by molar-refractivity contribution is 0.323. The average Bonchev–Trinajstić information content (AvgIpc) is 2.14. The molecule has 0 spiro atoms. The van der Waals surface area contributed by atoms with E-state index in [0.717, 1.165) is 17.8 Å². The van der Waals surface area contributed by atoms with E-state index in [4.69, 9.17) is 0 Å². The molecule has 0 bridgehead atoms. The minimum Gasteiger partial charge on any atom is -0.0885 e. The van der Waals surface area contributed by atoms with E-state index in [1.165, 1.54) is 18.4 Å². The highest BCUT2D eigenvalue weighted by Gasteiger charge is 2.14. The standard InChI is InChI=1S/C13H26/c1-7-10(3)12(5)9-13(6)11(4)8-2/h7,11-13H,8-9H2,1-6H3. The van der Waals surface area contributed by atoms with Crippen LogP contribution in [-0.4, -0.2) is 0 Å². The fourth-order valence-corrected chi connectivity index (χ4v) is 1.66. The zero-order valence-corrected chi connectivity index (χ0v) is 10.2. The van der Waals surface area contributed by atoms with Crippen LogP contribution in [0, 0.1) is 17.8 Å². The van der Waals surface area contributed by atoms with Crippen LogP contribution in [0.5, 0.6) is 0 Å². The molecule has 0 aromatic carbocycles. The van der Waals surface area contributed by atoms with Crippen LogP contribution in [0.3, 0.4) is 0 Å². The summed E-state index contributed by atoms with van der Waals surface area (Å²) >= 11 is 0. The van der Waals surface area contributed by atoms with Crippen molar-refractivity contribution in [2.45, 2.75) is 54.4 Å². The van der Waals surface area contributed by atoms with Crippen molar-refractivity contribution in [3.8, 4) is 0 Å². The Labute approximate surface area is 84.4 Å². The fourth-order valence-electron chi connectivity index (χ4n) is 1.66. The molecule has 0 rings (SSSR count). The van der Waals surface area contributed by atoms with Crippen molar-refractivity contribution in [1.82, 2.24) is 0 Å². The first-order chi connectivity index (χ1) is 6.02. The van der Waals surface area contributed by atoms with Crippen LogP contribution in [0.2, 0.25) is 0 Å². The Bertz CT molecular complexity index is 155. The third-order valence-corrected chi connectivity index (χ3v) is 3.57. The first-order valence-corrected chi connectivity index (χ1v) is 5.65. The third kappa shape index (κ3) is 4.50. The minimum atomic E-state index is 0.758. The molecule has 0 amide bonds. The van der Waals surface area contributed by atoms with Crippen molar-refractivity contribution in [2.24, 2.45) is 17.8 Å². The van der Waals surface area contributed by atoms with Crippen molar-refractivity contribution in [1.29, 1.82) is 0 Å². The van der Waals surface area contributed by atoms with Crippen molar-refractivity contribution in [2.75, 3.05) is 0 Å². The molecule has 3 atom stereocenters. The first-order valence-electron chi connectivity index (χ1n) is 5.65. The van der Waals surface area contributed by atoms with Crippen LogP contribution in [-0.2, 0) is 0 Å². The van der Waals surface area contributed by atoms with E-state index < -0.39 is 0 Å². The van der Waals surface area contributed by atoms with Gasteiger partial charge in [-0.05, 0) is 38.0 Å². The molecule has 0 aromatic heterocycles. The molecule has 0 aliphatic heterocycles. The summed E-state index contributed by atoms with van der Waals surface area (Å²) in [4.78, 5) is 0. The van der Waals surface area contributed by atoms with Gasteiger partial charge in [0.1, 0.15) is 0 Å². The highest BCUT2D eigenvalue weighted by Crippen LogP contribution is 2.25. The van der Waals surface area contributed by atoms with Gasteiger partial charge in [-0.1, -0.05) is 45.8 Å². The summed E-state index contributed by atoms with van der Waals surface area (Å²) < 4.78 is 0. The molecule has 0 radical (unpaired) electrons. The average molecular weight is 182 g/mol. The quantitative estimate of drug-likeness (QED) is 0.542. The van der Waals surface area contributed by atoms with Crippen molar-refractivity contribution < 1.29 is 0 Å². The smallest absolute Gasteiger partial charge is 0.0232 e. The molecule has 3 unspecified atom stereocenters. The zero-order valence-electron chi connectivity index (χ0n) is 10.2. The number of rotatable bonds is 5. The van der Waals surface area contributed by atoms with Crippen LogP contribution < -0.4 is 0 Å². The molecule has 0 fully saturated rings. The Morgan fingerprint density at radius 2 is 1.69 bits per heavy atom. The van der Waals surface area contributed by atoms with Gasteiger partial charge >= 0.3 is 0 Å².